The highest BCUT2D eigenvalue weighted by Gasteiger charge is 2.11. The summed E-state index contributed by atoms with van der Waals surface area (Å²) in [5, 5.41) is 0. The van der Waals surface area contributed by atoms with E-state index in [2.05, 4.69) is 25.1 Å². The Labute approximate surface area is 75.6 Å². The molecule has 0 aliphatic heterocycles. The van der Waals surface area contributed by atoms with Crippen LogP contribution in [0, 0.1) is 0 Å². The molecule has 0 heterocycles. The van der Waals surface area contributed by atoms with E-state index in [1.807, 2.05) is 13.8 Å². The third-order valence-corrected chi connectivity index (χ3v) is 2.34. The summed E-state index contributed by atoms with van der Waals surface area (Å²) in [6.07, 6.45) is 3.79. The van der Waals surface area contributed by atoms with E-state index in [0.717, 1.165) is 0 Å². The molecule has 0 N–H and O–H groups in total. The van der Waals surface area contributed by atoms with E-state index < -0.39 is 0 Å². The Kier molecular flexibility index (Phi) is 3.33. The Morgan fingerprint density at radius 3 is 2.17 bits per heavy atom. The summed E-state index contributed by atoms with van der Waals surface area (Å²) in [7, 11) is 0. The summed E-state index contributed by atoms with van der Waals surface area (Å²) in [6.45, 7) is 6.21. The van der Waals surface area contributed by atoms with Crippen LogP contribution in [0.3, 0.4) is 0 Å². The maximum absolute atomic E-state index is 2.35. The number of hydrogen-bond acceptors (Lipinski definition) is 0. The van der Waals surface area contributed by atoms with Gasteiger partial charge in [0.05, 0.1) is 0 Å². The van der Waals surface area contributed by atoms with Crippen molar-refractivity contribution < 1.29 is 0 Å². The molecule has 0 unspecified atom stereocenters. The van der Waals surface area contributed by atoms with Crippen molar-refractivity contribution in [2.75, 3.05) is 0 Å². The zero-order chi connectivity index (χ0) is 8.97. The predicted molar refractivity (Wildman–Crippen MR) is 54.6 cm³/mol. The molecule has 1 aliphatic rings. The monoisotopic (exact) mass is 162 g/mol. The van der Waals surface area contributed by atoms with Crippen molar-refractivity contribution in [3.8, 4) is 0 Å². The Balaban J connectivity index is 0.000000336. The Morgan fingerprint density at radius 1 is 1.08 bits per heavy atom. The van der Waals surface area contributed by atoms with Gasteiger partial charge in [-0.3, -0.25) is 0 Å². The van der Waals surface area contributed by atoms with Crippen molar-refractivity contribution in [1.82, 2.24) is 0 Å². The van der Waals surface area contributed by atoms with E-state index >= 15 is 0 Å². The first-order valence-electron chi connectivity index (χ1n) is 5.01. The SMILES string of the molecule is CC.CCc1ccc2c(c1)CC2. The average molecular weight is 162 g/mol. The van der Waals surface area contributed by atoms with Crippen LogP contribution in [0.2, 0.25) is 0 Å². The molecule has 1 aliphatic carbocycles. The molecule has 0 heteroatoms. The zero-order valence-electron chi connectivity index (χ0n) is 8.35. The third-order valence-electron chi connectivity index (χ3n) is 2.34. The third kappa shape index (κ3) is 1.69. The summed E-state index contributed by atoms with van der Waals surface area (Å²) in [4.78, 5) is 0. The topological polar surface area (TPSA) is 0 Å². The van der Waals surface area contributed by atoms with Crippen LogP contribution in [0.5, 0.6) is 0 Å². The molecule has 2 rings (SSSR count). The van der Waals surface area contributed by atoms with Gasteiger partial charge < -0.3 is 0 Å². The second kappa shape index (κ2) is 4.30. The molecule has 0 aromatic heterocycles. The van der Waals surface area contributed by atoms with Crippen molar-refractivity contribution in [3.05, 3.63) is 34.9 Å². The molecule has 0 fully saturated rings. The average Bonchev–Trinajstić information content (AvgIpc) is 2.11. The van der Waals surface area contributed by atoms with Gasteiger partial charge >= 0.3 is 0 Å². The molecule has 1 aromatic rings. The van der Waals surface area contributed by atoms with Crippen LogP contribution in [0.15, 0.2) is 18.2 Å². The van der Waals surface area contributed by atoms with Gasteiger partial charge in [-0.1, -0.05) is 39.0 Å². The van der Waals surface area contributed by atoms with Crippen LogP contribution in [-0.4, -0.2) is 0 Å². The summed E-state index contributed by atoms with van der Waals surface area (Å²) < 4.78 is 0. The quantitative estimate of drug-likeness (QED) is 0.594. The van der Waals surface area contributed by atoms with Gasteiger partial charge in [0.2, 0.25) is 0 Å². The van der Waals surface area contributed by atoms with Crippen LogP contribution in [0.25, 0.3) is 0 Å². The second-order valence-corrected chi connectivity index (χ2v) is 2.96. The lowest BCUT2D eigenvalue weighted by Gasteiger charge is -2.18. The lowest BCUT2D eigenvalue weighted by atomic mass is 9.87. The molecule has 0 bridgehead atoms. The fourth-order valence-corrected chi connectivity index (χ4v) is 1.47. The van der Waals surface area contributed by atoms with Gasteiger partial charge in [-0.2, -0.15) is 0 Å². The highest BCUT2D eigenvalue weighted by molar-refractivity contribution is 5.38. The zero-order valence-corrected chi connectivity index (χ0v) is 8.35. The molecule has 0 spiro atoms. The maximum Gasteiger partial charge on any atom is -0.0235 e. The molecule has 0 saturated carbocycles. The first kappa shape index (κ1) is 9.31. The number of fused-ring (bicyclic) bond motifs is 1. The lowest BCUT2D eigenvalue weighted by Crippen LogP contribution is -2.07. The predicted octanol–water partition coefficient (Wildman–Crippen LogP) is 3.37. The van der Waals surface area contributed by atoms with E-state index in [-0.39, 0.29) is 0 Å². The molecule has 66 valence electrons. The van der Waals surface area contributed by atoms with E-state index in [1.165, 1.54) is 24.8 Å². The summed E-state index contributed by atoms with van der Waals surface area (Å²) >= 11 is 0. The summed E-state index contributed by atoms with van der Waals surface area (Å²) in [5.41, 5.74) is 4.63. The van der Waals surface area contributed by atoms with Crippen LogP contribution in [0.1, 0.15) is 37.5 Å². The van der Waals surface area contributed by atoms with Gasteiger partial charge in [0.1, 0.15) is 0 Å². The summed E-state index contributed by atoms with van der Waals surface area (Å²) in [5.74, 6) is 0. The first-order chi connectivity index (χ1) is 5.90. The number of hydrogen-bond donors (Lipinski definition) is 0. The number of aryl methyl sites for hydroxylation is 3. The van der Waals surface area contributed by atoms with E-state index in [0.29, 0.717) is 0 Å². The summed E-state index contributed by atoms with van der Waals surface area (Å²) in [6, 6.07) is 6.87. The Bertz CT molecular complexity index is 248. The maximum atomic E-state index is 2.35. The highest BCUT2D eigenvalue weighted by Crippen LogP contribution is 2.23. The van der Waals surface area contributed by atoms with Crippen molar-refractivity contribution in [1.29, 1.82) is 0 Å². The van der Waals surface area contributed by atoms with Gasteiger partial charge in [0.25, 0.3) is 0 Å². The van der Waals surface area contributed by atoms with E-state index in [1.54, 1.807) is 11.1 Å². The van der Waals surface area contributed by atoms with Gasteiger partial charge in [-0.05, 0) is 36.0 Å². The smallest absolute Gasteiger partial charge is 0.0235 e. The molecule has 0 amide bonds. The minimum absolute atomic E-state index is 1.17. The van der Waals surface area contributed by atoms with Crippen LogP contribution < -0.4 is 0 Å². The van der Waals surface area contributed by atoms with Gasteiger partial charge in [-0.25, -0.2) is 0 Å². The van der Waals surface area contributed by atoms with Crippen molar-refractivity contribution in [2.24, 2.45) is 0 Å². The number of benzene rings is 1. The molecule has 0 saturated heterocycles. The van der Waals surface area contributed by atoms with Crippen LogP contribution in [-0.2, 0) is 19.3 Å². The lowest BCUT2D eigenvalue weighted by molar-refractivity contribution is 0.833. The van der Waals surface area contributed by atoms with E-state index in [4.69, 9.17) is 0 Å². The number of rotatable bonds is 1. The highest BCUT2D eigenvalue weighted by atomic mass is 14.2. The fraction of sp³-hybridized carbons (Fsp3) is 0.500. The molecular formula is C12H18. The molecule has 0 nitrogen and oxygen atoms in total. The largest absolute Gasteiger partial charge is 0.0683 e. The van der Waals surface area contributed by atoms with Crippen molar-refractivity contribution in [3.63, 3.8) is 0 Å². The standard InChI is InChI=1S/C10H12.C2H6/c1-2-8-3-4-9-5-6-10(9)7-8;1-2/h3-4,7H,2,5-6H2,1H3;1-2H3. The van der Waals surface area contributed by atoms with Crippen molar-refractivity contribution >= 4 is 0 Å². The van der Waals surface area contributed by atoms with Crippen LogP contribution >= 0.6 is 0 Å². The normalized spacial score (nSPS) is 12.2. The van der Waals surface area contributed by atoms with Gasteiger partial charge in [0, 0.05) is 0 Å². The molecular weight excluding hydrogens is 144 g/mol. The van der Waals surface area contributed by atoms with E-state index in [9.17, 15) is 0 Å². The minimum Gasteiger partial charge on any atom is -0.0683 e. The molecule has 1 aromatic carbocycles. The Hall–Kier alpha value is -0.780. The van der Waals surface area contributed by atoms with Gasteiger partial charge in [0.15, 0.2) is 0 Å². The Morgan fingerprint density at radius 2 is 1.75 bits per heavy atom. The van der Waals surface area contributed by atoms with Crippen molar-refractivity contribution in [2.45, 2.75) is 40.0 Å². The van der Waals surface area contributed by atoms with Crippen LogP contribution in [0.4, 0.5) is 0 Å². The molecule has 0 atom stereocenters. The first-order valence-corrected chi connectivity index (χ1v) is 5.01. The fourth-order valence-electron chi connectivity index (χ4n) is 1.47. The minimum atomic E-state index is 1.17. The molecule has 12 heavy (non-hydrogen) atoms. The van der Waals surface area contributed by atoms with Gasteiger partial charge in [-0.15, -0.1) is 0 Å². The molecule has 0 radical (unpaired) electrons. The second-order valence-electron chi connectivity index (χ2n) is 2.96.